The van der Waals surface area contributed by atoms with Crippen LogP contribution in [0.1, 0.15) is 16.1 Å². The van der Waals surface area contributed by atoms with E-state index in [4.69, 9.17) is 9.47 Å². The molecule has 1 heterocycles. The molecule has 1 aromatic heterocycles. The van der Waals surface area contributed by atoms with E-state index < -0.39 is 5.91 Å². The molecule has 0 bridgehead atoms. The molecular weight excluding hydrogens is 320 g/mol. The van der Waals surface area contributed by atoms with Gasteiger partial charge < -0.3 is 14.8 Å². The topological polar surface area (TPSA) is 78.3 Å². The van der Waals surface area contributed by atoms with Gasteiger partial charge in [0.05, 0.1) is 26.5 Å². The molecule has 0 saturated carbocycles. The normalized spacial score (nSPS) is 10.3. The zero-order valence-corrected chi connectivity index (χ0v) is 14.0. The number of hydrogen-bond donors (Lipinski definition) is 1. The number of benzene rings is 2. The summed E-state index contributed by atoms with van der Waals surface area (Å²) in [5.74, 6) is 0.448. The maximum atomic E-state index is 12.6. The lowest BCUT2D eigenvalue weighted by Gasteiger charge is -2.09. The zero-order chi connectivity index (χ0) is 17.6. The van der Waals surface area contributed by atoms with Gasteiger partial charge in [0.2, 0.25) is 11.6 Å². The molecule has 0 fully saturated rings. The molecule has 0 spiro atoms. The second-order valence-corrected chi connectivity index (χ2v) is 5.24. The standard InChI is InChI=1S/C18H18N4O3/c1-24-15-11-7-6-10-14(15)19-17(23)16-18(25-2)22(21-20-16)12-13-8-4-3-5-9-13/h3-11H,12H2,1-2H3,(H,19,23). The van der Waals surface area contributed by atoms with Crippen LogP contribution in [0.4, 0.5) is 5.69 Å². The van der Waals surface area contributed by atoms with Crippen LogP contribution >= 0.6 is 0 Å². The van der Waals surface area contributed by atoms with E-state index in [0.29, 0.717) is 23.9 Å². The molecule has 0 radical (unpaired) electrons. The number of methoxy groups -OCH3 is 2. The predicted octanol–water partition coefficient (Wildman–Crippen LogP) is 2.60. The van der Waals surface area contributed by atoms with Crippen molar-refractivity contribution in [2.75, 3.05) is 19.5 Å². The lowest BCUT2D eigenvalue weighted by atomic mass is 10.2. The van der Waals surface area contributed by atoms with Crippen LogP contribution in [0.5, 0.6) is 11.6 Å². The summed E-state index contributed by atoms with van der Waals surface area (Å²) in [4.78, 5) is 12.6. The monoisotopic (exact) mass is 338 g/mol. The SMILES string of the molecule is COc1ccccc1NC(=O)c1nnn(Cc2ccccc2)c1OC. The molecule has 0 saturated heterocycles. The molecule has 25 heavy (non-hydrogen) atoms. The minimum Gasteiger partial charge on any atom is -0.495 e. The minimum atomic E-state index is -0.416. The smallest absolute Gasteiger partial charge is 0.281 e. The highest BCUT2D eigenvalue weighted by Gasteiger charge is 2.21. The Labute approximate surface area is 145 Å². The van der Waals surface area contributed by atoms with Crippen molar-refractivity contribution >= 4 is 11.6 Å². The quantitative estimate of drug-likeness (QED) is 0.747. The Morgan fingerprint density at radius 1 is 1.04 bits per heavy atom. The Kier molecular flexibility index (Phi) is 4.94. The molecule has 0 aliphatic heterocycles. The van der Waals surface area contributed by atoms with Crippen LogP contribution in [-0.2, 0) is 6.54 Å². The third kappa shape index (κ3) is 3.60. The van der Waals surface area contributed by atoms with Crippen molar-refractivity contribution in [1.82, 2.24) is 15.0 Å². The van der Waals surface area contributed by atoms with Gasteiger partial charge in [-0.25, -0.2) is 4.68 Å². The van der Waals surface area contributed by atoms with Gasteiger partial charge in [0, 0.05) is 0 Å². The van der Waals surface area contributed by atoms with Crippen LogP contribution in [0.25, 0.3) is 0 Å². The summed E-state index contributed by atoms with van der Waals surface area (Å²) in [6.07, 6.45) is 0. The number of para-hydroxylation sites is 2. The number of carbonyl (C=O) groups is 1. The van der Waals surface area contributed by atoms with Crippen molar-refractivity contribution in [2.45, 2.75) is 6.54 Å². The number of aromatic nitrogens is 3. The van der Waals surface area contributed by atoms with Crippen molar-refractivity contribution in [3.05, 3.63) is 65.9 Å². The zero-order valence-electron chi connectivity index (χ0n) is 14.0. The molecule has 0 aliphatic rings. The van der Waals surface area contributed by atoms with E-state index >= 15 is 0 Å². The molecule has 7 heteroatoms. The van der Waals surface area contributed by atoms with Crippen molar-refractivity contribution in [2.24, 2.45) is 0 Å². The van der Waals surface area contributed by atoms with Gasteiger partial charge >= 0.3 is 0 Å². The fourth-order valence-electron chi connectivity index (χ4n) is 2.44. The van der Waals surface area contributed by atoms with Crippen LogP contribution in [0.2, 0.25) is 0 Å². The maximum absolute atomic E-state index is 12.6. The first-order valence-corrected chi connectivity index (χ1v) is 7.68. The predicted molar refractivity (Wildman–Crippen MR) is 93.1 cm³/mol. The molecule has 0 aliphatic carbocycles. The van der Waals surface area contributed by atoms with Crippen molar-refractivity contribution in [3.63, 3.8) is 0 Å². The maximum Gasteiger partial charge on any atom is 0.281 e. The number of carbonyl (C=O) groups excluding carboxylic acids is 1. The average Bonchev–Trinajstić information content (AvgIpc) is 3.05. The summed E-state index contributed by atoms with van der Waals surface area (Å²) in [6, 6.07) is 16.9. The number of nitrogens with zero attached hydrogens (tertiary/aromatic N) is 3. The molecule has 1 N–H and O–H groups in total. The lowest BCUT2D eigenvalue weighted by molar-refractivity contribution is 0.101. The van der Waals surface area contributed by atoms with Gasteiger partial charge in [-0.1, -0.05) is 47.7 Å². The second kappa shape index (κ2) is 7.48. The van der Waals surface area contributed by atoms with Crippen LogP contribution in [0, 0.1) is 0 Å². The number of anilines is 1. The Bertz CT molecular complexity index is 862. The summed E-state index contributed by atoms with van der Waals surface area (Å²) in [7, 11) is 3.03. The van der Waals surface area contributed by atoms with E-state index in [0.717, 1.165) is 5.56 Å². The summed E-state index contributed by atoms with van der Waals surface area (Å²) < 4.78 is 12.1. The van der Waals surface area contributed by atoms with Gasteiger partial charge in [0.1, 0.15) is 5.75 Å². The highest BCUT2D eigenvalue weighted by atomic mass is 16.5. The Morgan fingerprint density at radius 3 is 2.48 bits per heavy atom. The molecule has 1 amide bonds. The number of rotatable bonds is 6. The fraction of sp³-hybridized carbons (Fsp3) is 0.167. The minimum absolute atomic E-state index is 0.115. The molecule has 3 rings (SSSR count). The summed E-state index contributed by atoms with van der Waals surface area (Å²) in [6.45, 7) is 0.457. The van der Waals surface area contributed by atoms with Crippen LogP contribution in [0.15, 0.2) is 54.6 Å². The van der Waals surface area contributed by atoms with Crippen molar-refractivity contribution in [3.8, 4) is 11.6 Å². The number of ether oxygens (including phenoxy) is 2. The van der Waals surface area contributed by atoms with Crippen LogP contribution in [0.3, 0.4) is 0 Å². The third-order valence-corrected chi connectivity index (χ3v) is 3.63. The average molecular weight is 338 g/mol. The highest BCUT2D eigenvalue weighted by molar-refractivity contribution is 6.05. The summed E-state index contributed by atoms with van der Waals surface area (Å²) in [5.41, 5.74) is 1.70. The van der Waals surface area contributed by atoms with Crippen LogP contribution in [-0.4, -0.2) is 35.1 Å². The van der Waals surface area contributed by atoms with Gasteiger partial charge in [-0.15, -0.1) is 5.10 Å². The van der Waals surface area contributed by atoms with E-state index in [9.17, 15) is 4.79 Å². The van der Waals surface area contributed by atoms with E-state index in [1.807, 2.05) is 42.5 Å². The van der Waals surface area contributed by atoms with Crippen molar-refractivity contribution in [1.29, 1.82) is 0 Å². The number of nitrogens with one attached hydrogen (secondary N) is 1. The van der Waals surface area contributed by atoms with E-state index in [-0.39, 0.29) is 5.69 Å². The van der Waals surface area contributed by atoms with E-state index in [1.165, 1.54) is 7.11 Å². The lowest BCUT2D eigenvalue weighted by Crippen LogP contribution is -2.15. The summed E-state index contributed by atoms with van der Waals surface area (Å²) >= 11 is 0. The van der Waals surface area contributed by atoms with Gasteiger partial charge in [-0.05, 0) is 17.7 Å². The molecule has 3 aromatic rings. The van der Waals surface area contributed by atoms with Crippen molar-refractivity contribution < 1.29 is 14.3 Å². The molecule has 128 valence electrons. The Hall–Kier alpha value is -3.35. The molecule has 7 nitrogen and oxygen atoms in total. The fourth-order valence-corrected chi connectivity index (χ4v) is 2.44. The second-order valence-electron chi connectivity index (χ2n) is 5.24. The summed E-state index contributed by atoms with van der Waals surface area (Å²) in [5, 5.41) is 10.8. The Morgan fingerprint density at radius 2 is 1.76 bits per heavy atom. The number of amides is 1. The highest BCUT2D eigenvalue weighted by Crippen LogP contribution is 2.25. The van der Waals surface area contributed by atoms with Gasteiger partial charge in [0.25, 0.3) is 5.91 Å². The first kappa shape index (κ1) is 16.5. The largest absolute Gasteiger partial charge is 0.495 e. The van der Waals surface area contributed by atoms with Gasteiger partial charge in [-0.2, -0.15) is 0 Å². The van der Waals surface area contributed by atoms with E-state index in [1.54, 1.807) is 23.9 Å². The first-order chi connectivity index (χ1) is 12.2. The molecule has 0 atom stereocenters. The van der Waals surface area contributed by atoms with Gasteiger partial charge in [0.15, 0.2) is 0 Å². The first-order valence-electron chi connectivity index (χ1n) is 7.68. The molecule has 0 unspecified atom stereocenters. The third-order valence-electron chi connectivity index (χ3n) is 3.63. The molecule has 2 aromatic carbocycles. The number of hydrogen-bond acceptors (Lipinski definition) is 5. The molecular formula is C18H18N4O3. The van der Waals surface area contributed by atoms with E-state index in [2.05, 4.69) is 15.6 Å². The van der Waals surface area contributed by atoms with Gasteiger partial charge in [-0.3, -0.25) is 4.79 Å². The Balaban J connectivity index is 1.83. The van der Waals surface area contributed by atoms with Crippen LogP contribution < -0.4 is 14.8 Å².